The number of carbonyl (C=O) groups excluding carboxylic acids is 4. The maximum atomic E-state index is 11.5. The van der Waals surface area contributed by atoms with Crippen LogP contribution in [0.2, 0.25) is 0 Å². The Kier molecular flexibility index (Phi) is 37.4. The van der Waals surface area contributed by atoms with E-state index in [1.165, 1.54) is 13.8 Å². The van der Waals surface area contributed by atoms with Gasteiger partial charge in [0, 0.05) is 50.2 Å². The first-order chi connectivity index (χ1) is 24.6. The lowest BCUT2D eigenvalue weighted by Crippen LogP contribution is -2.30. The molecule has 0 radical (unpaired) electrons. The lowest BCUT2D eigenvalue weighted by atomic mass is 9.97. The van der Waals surface area contributed by atoms with Gasteiger partial charge in [-0.3, -0.25) is 19.2 Å². The highest BCUT2D eigenvalue weighted by Crippen LogP contribution is 2.19. The first kappa shape index (κ1) is 58.8. The standard InChI is InChI=1S/C10H11ClO.C10H12O2.C10H12O.C6H6.C4H7ClO.CH4.Al.Cl2.3ClH/c1-10(2,11)9(12)8-6-4-3-5-7-8;1-10(2,12)9(11)8-6-4-3-5-7-8;1-8(2)10(11)9-6-4-3-5-7-9;1-2-4-6-5-3-1;1-3(2)4(5)6;;;1-2;;;/h3-7H,1-2H3;3-7,12H,1-2H3;3-8H,1-2H3;1-6H;3H,1-2H3;1H4;;;3*1H/q;;;;;;+3;;;;/p-3. The van der Waals surface area contributed by atoms with Gasteiger partial charge in [-0.15, -0.1) is 11.6 Å². The Balaban J connectivity index is -0.000000284. The number of Topliss-reactive ketones (excluding diaryl/α,β-unsaturated/α-hetero) is 3. The van der Waals surface area contributed by atoms with Crippen molar-refractivity contribution in [1.82, 2.24) is 0 Å². The predicted molar refractivity (Wildman–Crippen MR) is 237 cm³/mol. The third-order valence-corrected chi connectivity index (χ3v) is 6.48. The second-order valence-corrected chi connectivity index (χ2v) is 19.9. The molecule has 0 spiro atoms. The van der Waals surface area contributed by atoms with Crippen LogP contribution in [-0.4, -0.2) is 49.6 Å². The molecule has 0 aliphatic rings. The van der Waals surface area contributed by atoms with Crippen LogP contribution < -0.4 is 0 Å². The highest BCUT2D eigenvalue weighted by molar-refractivity contribution is 7.54. The number of carbonyl (C=O) groups is 4. The molecular weight excluding hydrogens is 848 g/mol. The van der Waals surface area contributed by atoms with E-state index < -0.39 is 21.9 Å². The third-order valence-electron chi connectivity index (χ3n) is 5.87. The van der Waals surface area contributed by atoms with Gasteiger partial charge in [0.05, 0.1) is 0 Å². The van der Waals surface area contributed by atoms with Crippen LogP contribution in [0.4, 0.5) is 0 Å². The Labute approximate surface area is 359 Å². The van der Waals surface area contributed by atoms with Crippen LogP contribution in [0.15, 0.2) is 127 Å². The Morgan fingerprint density at radius 2 is 0.759 bits per heavy atom. The minimum atomic E-state index is -1.72. The number of aliphatic hydroxyl groups is 1. The highest BCUT2D eigenvalue weighted by atomic mass is 36.5. The van der Waals surface area contributed by atoms with E-state index in [9.17, 15) is 24.3 Å². The topological polar surface area (TPSA) is 88.5 Å². The van der Waals surface area contributed by atoms with E-state index in [0.717, 1.165) is 5.56 Å². The number of ketones is 3. The maximum Gasteiger partial charge on any atom is 0.643 e. The summed E-state index contributed by atoms with van der Waals surface area (Å²) in [5.41, 5.74) is 0.742. The van der Waals surface area contributed by atoms with E-state index in [2.05, 4.69) is 21.7 Å². The second-order valence-electron chi connectivity index (χ2n) is 12.2. The van der Waals surface area contributed by atoms with Gasteiger partial charge in [-0.25, -0.2) is 30.1 Å². The number of alkyl halides is 1. The van der Waals surface area contributed by atoms with Crippen molar-refractivity contribution in [2.45, 2.75) is 73.3 Å². The predicted octanol–water partition coefficient (Wildman–Crippen LogP) is 13.8. The molecule has 4 rings (SSSR count). The summed E-state index contributed by atoms with van der Waals surface area (Å²) in [6.45, 7) is 13.7. The molecule has 0 fully saturated rings. The van der Waals surface area contributed by atoms with E-state index in [4.69, 9.17) is 53.3 Å². The third kappa shape index (κ3) is 33.4. The summed E-state index contributed by atoms with van der Waals surface area (Å²) in [4.78, 5) is 43.4. The summed E-state index contributed by atoms with van der Waals surface area (Å²) in [6.07, 6.45) is 0. The first-order valence-electron chi connectivity index (χ1n) is 16.1. The number of rotatable bonds is 7. The van der Waals surface area contributed by atoms with Crippen LogP contribution in [0.3, 0.4) is 0 Å². The molecule has 0 aliphatic carbocycles. The number of hydrogen-bond donors (Lipinski definition) is 1. The molecule has 1 N–H and O–H groups in total. The van der Waals surface area contributed by atoms with Crippen molar-refractivity contribution in [2.75, 3.05) is 0 Å². The Hall–Kier alpha value is -1.92. The molecule has 0 heterocycles. The van der Waals surface area contributed by atoms with Crippen LogP contribution in [0, 0.1) is 11.8 Å². The van der Waals surface area contributed by atoms with Crippen LogP contribution >= 0.6 is 75.1 Å². The summed E-state index contributed by atoms with van der Waals surface area (Å²) in [7, 11) is 23.1. The number of benzene rings is 4. The van der Waals surface area contributed by atoms with Crippen molar-refractivity contribution in [2.24, 2.45) is 11.8 Å². The molecule has 0 aromatic heterocycles. The summed E-state index contributed by atoms with van der Waals surface area (Å²) in [5, 5.41) is 9.12. The van der Waals surface area contributed by atoms with Crippen LogP contribution in [0.1, 0.15) is 93.9 Å². The molecule has 0 aliphatic heterocycles. The molecular formula is C41H52AlCl7O5. The smallest absolute Gasteiger partial charge is 0.382 e. The van der Waals surface area contributed by atoms with Crippen molar-refractivity contribution in [3.8, 4) is 0 Å². The van der Waals surface area contributed by atoms with Gasteiger partial charge in [-0.05, 0) is 39.3 Å². The normalized spacial score (nSPS) is 9.59. The van der Waals surface area contributed by atoms with Gasteiger partial charge < -0.3 is 5.11 Å². The van der Waals surface area contributed by atoms with E-state index in [0.29, 0.717) is 11.1 Å². The van der Waals surface area contributed by atoms with Gasteiger partial charge in [-0.2, -0.15) is 0 Å². The van der Waals surface area contributed by atoms with Crippen molar-refractivity contribution < 1.29 is 24.3 Å². The Morgan fingerprint density at radius 3 is 0.963 bits per heavy atom. The molecule has 0 saturated carbocycles. The molecule has 4 aromatic carbocycles. The molecule has 4 aromatic rings. The fraction of sp³-hybridized carbons (Fsp3) is 0.317. The molecule has 13 heteroatoms. The molecule has 298 valence electrons. The van der Waals surface area contributed by atoms with Crippen LogP contribution in [0.25, 0.3) is 0 Å². The minimum Gasteiger partial charge on any atom is -0.382 e. The summed E-state index contributed by atoms with van der Waals surface area (Å²) >= 11 is 9.12. The summed E-state index contributed by atoms with van der Waals surface area (Å²) < 4.78 is 0. The fourth-order valence-corrected chi connectivity index (χ4v) is 3.31. The second kappa shape index (κ2) is 34.3. The zero-order valence-electron chi connectivity index (χ0n) is 31.1. The minimum absolute atomic E-state index is 0. The number of halogens is 7. The quantitative estimate of drug-likeness (QED) is 0.0864. The van der Waals surface area contributed by atoms with Crippen molar-refractivity contribution >= 4 is 109 Å². The number of hydrogen-bond acceptors (Lipinski definition) is 5. The Morgan fingerprint density at radius 1 is 0.537 bits per heavy atom. The summed E-state index contributed by atoms with van der Waals surface area (Å²) in [5.74, 6) is 0.00235. The molecule has 0 bridgehead atoms. The lowest BCUT2D eigenvalue weighted by Gasteiger charge is -2.14. The van der Waals surface area contributed by atoms with E-state index in [-0.39, 0.29) is 41.9 Å². The zero-order chi connectivity index (χ0) is 41.6. The molecule has 0 saturated heterocycles. The molecule has 0 atom stereocenters. The maximum absolute atomic E-state index is 11.5. The van der Waals surface area contributed by atoms with Gasteiger partial charge in [0.25, 0.3) is 0 Å². The van der Waals surface area contributed by atoms with E-state index in [1.807, 2.05) is 105 Å². The average molecular weight is 900 g/mol. The van der Waals surface area contributed by atoms with Gasteiger partial charge >= 0.3 is 11.4 Å². The largest absolute Gasteiger partial charge is 0.643 e. The van der Waals surface area contributed by atoms with Crippen molar-refractivity contribution in [1.29, 1.82) is 0 Å². The van der Waals surface area contributed by atoms with Gasteiger partial charge in [-0.1, -0.05) is 163 Å². The van der Waals surface area contributed by atoms with E-state index >= 15 is 0 Å². The first-order valence-corrected chi connectivity index (χ1v) is 23.2. The average Bonchev–Trinajstić information content (AvgIpc) is 3.13. The highest BCUT2D eigenvalue weighted by Gasteiger charge is 2.25. The molecule has 54 heavy (non-hydrogen) atoms. The van der Waals surface area contributed by atoms with Gasteiger partial charge in [0.2, 0.25) is 5.24 Å². The van der Waals surface area contributed by atoms with Gasteiger partial charge in [0.1, 0.15) is 10.5 Å². The zero-order valence-corrected chi connectivity index (χ0v) is 37.5. The molecule has 5 nitrogen and oxygen atoms in total. The fourth-order valence-electron chi connectivity index (χ4n) is 3.20. The summed E-state index contributed by atoms with van der Waals surface area (Å²) in [6, 6.07) is 39.2. The van der Waals surface area contributed by atoms with Crippen LogP contribution in [-0.2, 0) is 4.79 Å². The molecule has 0 amide bonds. The van der Waals surface area contributed by atoms with E-state index in [1.54, 1.807) is 64.1 Å². The Bertz CT molecular complexity index is 1420. The van der Waals surface area contributed by atoms with Crippen molar-refractivity contribution in [3.63, 3.8) is 0 Å². The molecule has 0 unspecified atom stereocenters. The SMILES string of the molecule is C.CC(C)(Cl)C(=O)c1ccccc1.CC(C)(O)C(=O)c1ccccc1.CC(C)C(=O)Cl.CC(C)C(=O)c1ccccc1.ClCl.[Cl][Al]([Cl])[Cl].c1ccccc1. The van der Waals surface area contributed by atoms with Crippen molar-refractivity contribution in [3.05, 3.63) is 144 Å². The van der Waals surface area contributed by atoms with Gasteiger partial charge in [0.15, 0.2) is 17.3 Å². The monoisotopic (exact) mass is 896 g/mol. The lowest BCUT2D eigenvalue weighted by molar-refractivity contribution is -0.114. The van der Waals surface area contributed by atoms with Crippen LogP contribution in [0.5, 0.6) is 0 Å².